The van der Waals surface area contributed by atoms with Crippen LogP contribution >= 0.6 is 0 Å². The van der Waals surface area contributed by atoms with Crippen molar-refractivity contribution in [3.8, 4) is 11.5 Å². The van der Waals surface area contributed by atoms with Crippen LogP contribution in [0.1, 0.15) is 38.3 Å². The van der Waals surface area contributed by atoms with Crippen molar-refractivity contribution < 1.29 is 23.4 Å². The zero-order valence-electron chi connectivity index (χ0n) is 18.8. The van der Waals surface area contributed by atoms with Crippen LogP contribution in [0.25, 0.3) is 11.0 Å². The van der Waals surface area contributed by atoms with Gasteiger partial charge in [0.1, 0.15) is 11.2 Å². The first kappa shape index (κ1) is 22.0. The Morgan fingerprint density at radius 1 is 1.06 bits per heavy atom. The third kappa shape index (κ3) is 5.73. The largest absolute Gasteiger partial charge is 0.464 e. The number of carbonyl (C=O) groups is 1. The number of fused-ring (bicyclic) bond motifs is 2. The minimum Gasteiger partial charge on any atom is -0.464 e. The predicted molar refractivity (Wildman–Crippen MR) is 122 cm³/mol. The van der Waals surface area contributed by atoms with Crippen LogP contribution in [0.2, 0.25) is 0 Å². The first-order chi connectivity index (χ1) is 15.4. The second-order valence-electron chi connectivity index (χ2n) is 8.91. The molecule has 0 unspecified atom stereocenters. The standard InChI is InChI=1S/C25H30N2O5/c1-25(2,3)32-24(28)27(16-19-6-8-22-23(14-19)31-17-30-22)11-4-10-26-15-18-5-7-21-20(13-18)9-12-29-21/h5-9,12-14,26H,4,10-11,15-17H2,1-3H3. The summed E-state index contributed by atoms with van der Waals surface area (Å²) in [6.07, 6.45) is 2.19. The molecule has 0 atom stereocenters. The molecule has 170 valence electrons. The highest BCUT2D eigenvalue weighted by Gasteiger charge is 2.23. The van der Waals surface area contributed by atoms with Crippen LogP contribution in [0.3, 0.4) is 0 Å². The van der Waals surface area contributed by atoms with Crippen molar-refractivity contribution in [3.05, 3.63) is 59.9 Å². The SMILES string of the molecule is CC(C)(C)OC(=O)N(CCCNCc1ccc2occc2c1)Cc1ccc2c(c1)OCO2. The number of carbonyl (C=O) groups excluding carboxylic acids is 1. The smallest absolute Gasteiger partial charge is 0.410 e. The van der Waals surface area contributed by atoms with Crippen molar-refractivity contribution in [2.45, 2.75) is 45.9 Å². The highest BCUT2D eigenvalue weighted by molar-refractivity contribution is 5.77. The number of furan rings is 1. The predicted octanol–water partition coefficient (Wildman–Crippen LogP) is 5.08. The fourth-order valence-corrected chi connectivity index (χ4v) is 3.57. The van der Waals surface area contributed by atoms with Crippen molar-refractivity contribution in [1.29, 1.82) is 0 Å². The molecule has 4 rings (SSSR count). The summed E-state index contributed by atoms with van der Waals surface area (Å²) in [4.78, 5) is 14.5. The Labute approximate surface area is 188 Å². The molecule has 0 radical (unpaired) electrons. The maximum absolute atomic E-state index is 12.8. The van der Waals surface area contributed by atoms with E-state index >= 15 is 0 Å². The number of hydrogen-bond donors (Lipinski definition) is 1. The summed E-state index contributed by atoms with van der Waals surface area (Å²) < 4.78 is 21.9. The maximum atomic E-state index is 12.8. The second kappa shape index (κ2) is 9.53. The molecular weight excluding hydrogens is 408 g/mol. The quantitative estimate of drug-likeness (QED) is 0.495. The Bertz CT molecular complexity index is 1070. The van der Waals surface area contributed by atoms with Crippen LogP contribution in [-0.2, 0) is 17.8 Å². The summed E-state index contributed by atoms with van der Waals surface area (Å²) in [5.74, 6) is 1.44. The van der Waals surface area contributed by atoms with E-state index in [4.69, 9.17) is 18.6 Å². The first-order valence-electron chi connectivity index (χ1n) is 10.9. The zero-order chi connectivity index (χ0) is 22.6. The molecule has 0 saturated carbocycles. The lowest BCUT2D eigenvalue weighted by molar-refractivity contribution is 0.0231. The minimum atomic E-state index is -0.547. The number of nitrogens with zero attached hydrogens (tertiary/aromatic N) is 1. The molecule has 1 aliphatic heterocycles. The molecule has 1 aromatic heterocycles. The monoisotopic (exact) mass is 438 g/mol. The van der Waals surface area contributed by atoms with Gasteiger partial charge in [-0.05, 0) is 75.2 Å². The molecule has 1 amide bonds. The van der Waals surface area contributed by atoms with E-state index in [1.54, 1.807) is 11.2 Å². The van der Waals surface area contributed by atoms with Crippen molar-refractivity contribution >= 4 is 17.1 Å². The topological polar surface area (TPSA) is 73.2 Å². The van der Waals surface area contributed by atoms with Gasteiger partial charge in [0.25, 0.3) is 0 Å². The molecule has 2 heterocycles. The van der Waals surface area contributed by atoms with Gasteiger partial charge in [-0.3, -0.25) is 0 Å². The number of amides is 1. The van der Waals surface area contributed by atoms with Crippen LogP contribution in [0.5, 0.6) is 11.5 Å². The van der Waals surface area contributed by atoms with E-state index in [1.807, 2.05) is 51.1 Å². The van der Waals surface area contributed by atoms with Crippen molar-refractivity contribution in [2.24, 2.45) is 0 Å². The summed E-state index contributed by atoms with van der Waals surface area (Å²) >= 11 is 0. The van der Waals surface area contributed by atoms with E-state index in [1.165, 1.54) is 5.56 Å². The van der Waals surface area contributed by atoms with E-state index in [2.05, 4.69) is 17.4 Å². The van der Waals surface area contributed by atoms with Gasteiger partial charge in [-0.1, -0.05) is 12.1 Å². The zero-order valence-corrected chi connectivity index (χ0v) is 18.8. The fraction of sp³-hybridized carbons (Fsp3) is 0.400. The van der Waals surface area contributed by atoms with Crippen molar-refractivity contribution in [3.63, 3.8) is 0 Å². The Kier molecular flexibility index (Phi) is 6.55. The van der Waals surface area contributed by atoms with Crippen LogP contribution in [0, 0.1) is 0 Å². The van der Waals surface area contributed by atoms with Crippen molar-refractivity contribution in [2.75, 3.05) is 19.9 Å². The second-order valence-corrected chi connectivity index (χ2v) is 8.91. The van der Waals surface area contributed by atoms with E-state index in [9.17, 15) is 4.79 Å². The third-order valence-electron chi connectivity index (χ3n) is 5.09. The molecule has 0 fully saturated rings. The van der Waals surface area contributed by atoms with E-state index in [0.29, 0.717) is 18.8 Å². The lowest BCUT2D eigenvalue weighted by atomic mass is 10.1. The molecule has 1 N–H and O–H groups in total. The minimum absolute atomic E-state index is 0.230. The molecular formula is C25H30N2O5. The molecule has 2 aromatic carbocycles. The average molecular weight is 439 g/mol. The van der Waals surface area contributed by atoms with E-state index < -0.39 is 5.60 Å². The van der Waals surface area contributed by atoms with Gasteiger partial charge in [0.15, 0.2) is 11.5 Å². The van der Waals surface area contributed by atoms with Gasteiger partial charge >= 0.3 is 6.09 Å². The third-order valence-corrected chi connectivity index (χ3v) is 5.09. The Balaban J connectivity index is 1.31. The lowest BCUT2D eigenvalue weighted by Gasteiger charge is -2.27. The Morgan fingerprint density at radius 3 is 2.72 bits per heavy atom. The average Bonchev–Trinajstić information content (AvgIpc) is 3.39. The Hall–Kier alpha value is -3.19. The molecule has 0 aliphatic carbocycles. The van der Waals surface area contributed by atoms with Gasteiger partial charge < -0.3 is 28.8 Å². The van der Waals surface area contributed by atoms with Gasteiger partial charge in [-0.25, -0.2) is 4.79 Å². The summed E-state index contributed by atoms with van der Waals surface area (Å²) in [6, 6.07) is 13.9. The normalized spacial score (nSPS) is 12.8. The van der Waals surface area contributed by atoms with Gasteiger partial charge in [0.05, 0.1) is 6.26 Å². The van der Waals surface area contributed by atoms with E-state index in [-0.39, 0.29) is 12.9 Å². The molecule has 1 aliphatic rings. The summed E-state index contributed by atoms with van der Waals surface area (Å²) in [7, 11) is 0. The molecule has 0 spiro atoms. The van der Waals surface area contributed by atoms with Crippen LogP contribution in [0.4, 0.5) is 4.79 Å². The number of hydrogen-bond acceptors (Lipinski definition) is 6. The number of ether oxygens (including phenoxy) is 3. The van der Waals surface area contributed by atoms with Gasteiger partial charge in [-0.15, -0.1) is 0 Å². The van der Waals surface area contributed by atoms with Gasteiger partial charge in [0, 0.05) is 25.0 Å². The summed E-state index contributed by atoms with van der Waals surface area (Å²) in [5, 5.41) is 4.55. The number of rotatable bonds is 8. The number of nitrogens with one attached hydrogen (secondary N) is 1. The molecule has 7 heteroatoms. The molecule has 0 saturated heterocycles. The lowest BCUT2D eigenvalue weighted by Crippen LogP contribution is -2.37. The van der Waals surface area contributed by atoms with Crippen LogP contribution in [-0.4, -0.2) is 36.5 Å². The van der Waals surface area contributed by atoms with Crippen LogP contribution < -0.4 is 14.8 Å². The summed E-state index contributed by atoms with van der Waals surface area (Å²) in [6.45, 7) is 8.43. The molecule has 32 heavy (non-hydrogen) atoms. The first-order valence-corrected chi connectivity index (χ1v) is 10.9. The number of benzene rings is 2. The van der Waals surface area contributed by atoms with Crippen LogP contribution in [0.15, 0.2) is 53.1 Å². The molecule has 0 bridgehead atoms. The highest BCUT2D eigenvalue weighted by Crippen LogP contribution is 2.33. The van der Waals surface area contributed by atoms with E-state index in [0.717, 1.165) is 41.8 Å². The highest BCUT2D eigenvalue weighted by atomic mass is 16.7. The maximum Gasteiger partial charge on any atom is 0.410 e. The fourth-order valence-electron chi connectivity index (χ4n) is 3.57. The summed E-state index contributed by atoms with van der Waals surface area (Å²) in [5.41, 5.74) is 2.52. The van der Waals surface area contributed by atoms with Crippen molar-refractivity contribution in [1.82, 2.24) is 10.2 Å². The van der Waals surface area contributed by atoms with Gasteiger partial charge in [0.2, 0.25) is 6.79 Å². The Morgan fingerprint density at radius 2 is 1.88 bits per heavy atom. The molecule has 3 aromatic rings. The molecule has 7 nitrogen and oxygen atoms in total. The van der Waals surface area contributed by atoms with Gasteiger partial charge in [-0.2, -0.15) is 0 Å².